The van der Waals surface area contributed by atoms with E-state index in [1.807, 2.05) is 48.5 Å². The number of benzene rings is 3. The van der Waals surface area contributed by atoms with E-state index in [1.165, 1.54) is 0 Å². The molecule has 0 aliphatic heterocycles. The molecule has 1 aromatic heterocycles. The van der Waals surface area contributed by atoms with Crippen molar-refractivity contribution in [3.63, 3.8) is 0 Å². The van der Waals surface area contributed by atoms with Crippen LogP contribution in [0, 0.1) is 11.8 Å². The number of sulfonamides is 1. The van der Waals surface area contributed by atoms with Crippen LogP contribution in [0.15, 0.2) is 82.2 Å². The number of anilines is 3. The topological polar surface area (TPSA) is 96.0 Å². The average Bonchev–Trinajstić information content (AvgIpc) is 2.93. The lowest BCUT2D eigenvalue weighted by Crippen LogP contribution is -2.32. The van der Waals surface area contributed by atoms with Crippen LogP contribution in [0.3, 0.4) is 0 Å². The minimum atomic E-state index is -3.50. The average molecular weight is 615 g/mol. The first kappa shape index (κ1) is 26.9. The van der Waals surface area contributed by atoms with E-state index in [2.05, 4.69) is 31.3 Å². The van der Waals surface area contributed by atoms with Crippen LogP contribution in [0.5, 0.6) is 0 Å². The van der Waals surface area contributed by atoms with Crippen LogP contribution in [0.1, 0.15) is 25.7 Å². The summed E-state index contributed by atoms with van der Waals surface area (Å²) >= 11 is 9.37. The van der Waals surface area contributed by atoms with Gasteiger partial charge in [0, 0.05) is 33.7 Å². The van der Waals surface area contributed by atoms with Crippen LogP contribution in [0.2, 0.25) is 5.02 Å². The Kier molecular flexibility index (Phi) is 8.48. The van der Waals surface area contributed by atoms with E-state index in [0.29, 0.717) is 34.2 Å². The summed E-state index contributed by atoms with van der Waals surface area (Å²) in [6, 6.07) is 22.2. The van der Waals surface area contributed by atoms with E-state index in [4.69, 9.17) is 21.6 Å². The van der Waals surface area contributed by atoms with Gasteiger partial charge in [0.15, 0.2) is 0 Å². The van der Waals surface area contributed by atoms with E-state index in [9.17, 15) is 8.42 Å². The first-order valence-corrected chi connectivity index (χ1v) is 15.3. The summed E-state index contributed by atoms with van der Waals surface area (Å²) in [5.41, 5.74) is 1.77. The van der Waals surface area contributed by atoms with Gasteiger partial charge >= 0.3 is 0 Å². The molecule has 4 aromatic rings. The molecule has 1 aliphatic rings. The Morgan fingerprint density at radius 1 is 0.842 bits per heavy atom. The lowest BCUT2D eigenvalue weighted by atomic mass is 9.82. The molecule has 5 rings (SSSR count). The minimum Gasteiger partial charge on any atom is -0.354 e. The number of aromatic nitrogens is 2. The van der Waals surface area contributed by atoms with Crippen molar-refractivity contribution in [3.8, 4) is 0 Å². The molecule has 1 heterocycles. The molecule has 3 aromatic carbocycles. The fourth-order valence-electron chi connectivity index (χ4n) is 4.72. The Morgan fingerprint density at radius 3 is 2.21 bits per heavy atom. The standard InChI is InChI=1S/C28H29BrClN5O2S/c29-21-9-15-24(16-10-21)38(36,37)32-18-20-7-5-19(6-8-20)17-31-28-34-26-4-2-1-3-25(26)27(35-28)33-23-13-11-22(30)12-14-23/h1-4,9-16,19-20,32H,5-8,17-18H2,(H2,31,33,34,35)/t19-,20-. The third kappa shape index (κ3) is 6.83. The highest BCUT2D eigenvalue weighted by Crippen LogP contribution is 2.30. The Balaban J connectivity index is 1.16. The van der Waals surface area contributed by atoms with Crippen LogP contribution in [0.25, 0.3) is 10.9 Å². The number of rotatable bonds is 9. The third-order valence-electron chi connectivity index (χ3n) is 6.91. The first-order valence-electron chi connectivity index (χ1n) is 12.6. The van der Waals surface area contributed by atoms with Gasteiger partial charge in [0.2, 0.25) is 16.0 Å². The van der Waals surface area contributed by atoms with Gasteiger partial charge in [-0.15, -0.1) is 0 Å². The smallest absolute Gasteiger partial charge is 0.240 e. The molecule has 7 nitrogen and oxygen atoms in total. The van der Waals surface area contributed by atoms with Crippen molar-refractivity contribution in [2.24, 2.45) is 11.8 Å². The maximum absolute atomic E-state index is 12.6. The monoisotopic (exact) mass is 613 g/mol. The van der Waals surface area contributed by atoms with Crippen molar-refractivity contribution in [3.05, 3.63) is 82.3 Å². The molecule has 1 fully saturated rings. The third-order valence-corrected chi connectivity index (χ3v) is 9.13. The largest absolute Gasteiger partial charge is 0.354 e. The minimum absolute atomic E-state index is 0.291. The Morgan fingerprint density at radius 2 is 1.50 bits per heavy atom. The lowest BCUT2D eigenvalue weighted by molar-refractivity contribution is 0.284. The Hall–Kier alpha value is -2.72. The number of hydrogen-bond acceptors (Lipinski definition) is 6. The van der Waals surface area contributed by atoms with E-state index in [0.717, 1.165) is 59.1 Å². The molecule has 198 valence electrons. The molecule has 1 aliphatic carbocycles. The molecule has 0 unspecified atom stereocenters. The predicted molar refractivity (Wildman–Crippen MR) is 158 cm³/mol. The van der Waals surface area contributed by atoms with Gasteiger partial charge in [0.1, 0.15) is 5.82 Å². The van der Waals surface area contributed by atoms with Crippen LogP contribution in [0.4, 0.5) is 17.5 Å². The van der Waals surface area contributed by atoms with Crippen molar-refractivity contribution in [2.75, 3.05) is 23.7 Å². The van der Waals surface area contributed by atoms with Gasteiger partial charge in [-0.3, -0.25) is 0 Å². The molecule has 0 atom stereocenters. The van der Waals surface area contributed by atoms with Crippen molar-refractivity contribution in [1.82, 2.24) is 14.7 Å². The molecule has 0 amide bonds. The number of halogens is 2. The van der Waals surface area contributed by atoms with Gasteiger partial charge in [0.05, 0.1) is 10.4 Å². The lowest BCUT2D eigenvalue weighted by Gasteiger charge is -2.28. The van der Waals surface area contributed by atoms with Crippen LogP contribution >= 0.6 is 27.5 Å². The summed E-state index contributed by atoms with van der Waals surface area (Å²) in [5.74, 6) is 2.15. The maximum Gasteiger partial charge on any atom is 0.240 e. The fourth-order valence-corrected chi connectivity index (χ4v) is 6.23. The second-order valence-corrected chi connectivity index (χ2v) is 12.7. The van der Waals surface area contributed by atoms with E-state index >= 15 is 0 Å². The highest BCUT2D eigenvalue weighted by Gasteiger charge is 2.23. The van der Waals surface area contributed by atoms with Gasteiger partial charge in [-0.1, -0.05) is 39.7 Å². The Labute approximate surface area is 236 Å². The van der Waals surface area contributed by atoms with Gasteiger partial charge in [-0.25, -0.2) is 18.1 Å². The molecule has 0 radical (unpaired) electrons. The quantitative estimate of drug-likeness (QED) is 0.188. The van der Waals surface area contributed by atoms with E-state index < -0.39 is 10.0 Å². The number of nitrogens with zero attached hydrogens (tertiary/aromatic N) is 2. The van der Waals surface area contributed by atoms with E-state index in [-0.39, 0.29) is 0 Å². The van der Waals surface area contributed by atoms with Crippen LogP contribution in [-0.4, -0.2) is 31.5 Å². The molecule has 0 saturated heterocycles. The summed E-state index contributed by atoms with van der Waals surface area (Å²) in [6.07, 6.45) is 4.02. The first-order chi connectivity index (χ1) is 18.4. The SMILES string of the molecule is O=S(=O)(NC[C@H]1CC[C@H](CNc2nc(Nc3ccc(Cl)cc3)c3ccccc3n2)CC1)c1ccc(Br)cc1. The summed E-state index contributed by atoms with van der Waals surface area (Å²) in [6.45, 7) is 1.24. The van der Waals surface area contributed by atoms with E-state index in [1.54, 1.807) is 24.3 Å². The van der Waals surface area contributed by atoms with Crippen LogP contribution in [-0.2, 0) is 10.0 Å². The molecule has 3 N–H and O–H groups in total. The molecule has 1 saturated carbocycles. The van der Waals surface area contributed by atoms with Gasteiger partial charge < -0.3 is 10.6 Å². The number of hydrogen-bond donors (Lipinski definition) is 3. The summed E-state index contributed by atoms with van der Waals surface area (Å²) in [4.78, 5) is 9.77. The molecule has 10 heteroatoms. The summed E-state index contributed by atoms with van der Waals surface area (Å²) in [7, 11) is -3.50. The van der Waals surface area contributed by atoms with Crippen molar-refractivity contribution in [2.45, 2.75) is 30.6 Å². The van der Waals surface area contributed by atoms with Crippen molar-refractivity contribution >= 4 is 65.9 Å². The summed E-state index contributed by atoms with van der Waals surface area (Å²) < 4.78 is 28.8. The zero-order valence-electron chi connectivity index (χ0n) is 20.7. The normalized spacial score (nSPS) is 17.8. The van der Waals surface area contributed by atoms with Crippen molar-refractivity contribution < 1.29 is 8.42 Å². The Bertz CT molecular complexity index is 1490. The van der Waals surface area contributed by atoms with Gasteiger partial charge in [-0.05, 0) is 98.2 Å². The van der Waals surface area contributed by atoms with Gasteiger partial charge in [0.25, 0.3) is 0 Å². The number of fused-ring (bicyclic) bond motifs is 1. The van der Waals surface area contributed by atoms with Crippen LogP contribution < -0.4 is 15.4 Å². The maximum atomic E-state index is 12.6. The highest BCUT2D eigenvalue weighted by atomic mass is 79.9. The zero-order chi connectivity index (χ0) is 26.5. The number of para-hydroxylation sites is 1. The second kappa shape index (κ2) is 12.0. The fraction of sp³-hybridized carbons (Fsp3) is 0.286. The zero-order valence-corrected chi connectivity index (χ0v) is 23.9. The molecule has 38 heavy (non-hydrogen) atoms. The molecule has 0 spiro atoms. The summed E-state index contributed by atoms with van der Waals surface area (Å²) in [5, 5.41) is 8.46. The molecule has 0 bridgehead atoms. The van der Waals surface area contributed by atoms with Gasteiger partial charge in [-0.2, -0.15) is 4.98 Å². The molecular formula is C28H29BrClN5O2S. The predicted octanol–water partition coefficient (Wildman–Crippen LogP) is 6.99. The van der Waals surface area contributed by atoms with Crippen molar-refractivity contribution in [1.29, 1.82) is 0 Å². The molecular weight excluding hydrogens is 586 g/mol. The second-order valence-electron chi connectivity index (χ2n) is 9.62. The highest BCUT2D eigenvalue weighted by molar-refractivity contribution is 9.10. The number of nitrogens with one attached hydrogen (secondary N) is 3.